The van der Waals surface area contributed by atoms with Crippen LogP contribution in [0.25, 0.3) is 0 Å². The van der Waals surface area contributed by atoms with Gasteiger partial charge < -0.3 is 5.11 Å². The van der Waals surface area contributed by atoms with E-state index in [0.717, 1.165) is 44.9 Å². The van der Waals surface area contributed by atoms with E-state index >= 15 is 0 Å². The molecule has 2 aliphatic carbocycles. The summed E-state index contributed by atoms with van der Waals surface area (Å²) in [5, 5.41) is 10.1. The van der Waals surface area contributed by atoms with Crippen LogP contribution in [0.1, 0.15) is 57.8 Å². The average Bonchev–Trinajstić information content (AvgIpc) is 2.53. The lowest BCUT2D eigenvalue weighted by Crippen LogP contribution is -2.50. The number of rotatable bonds is 2. The third kappa shape index (κ3) is 1.78. The number of aliphatic hydroxyl groups is 1. The molecule has 2 saturated carbocycles. The largest absolute Gasteiger partial charge is 0.388 e. The quantitative estimate of drug-likeness (QED) is 0.759. The van der Waals surface area contributed by atoms with Crippen molar-refractivity contribution >= 4 is 11.8 Å². The molecule has 3 rings (SSSR count). The third-order valence-corrected chi connectivity index (χ3v) is 5.04. The molecule has 100 valence electrons. The van der Waals surface area contributed by atoms with Gasteiger partial charge >= 0.3 is 0 Å². The molecule has 4 heteroatoms. The summed E-state index contributed by atoms with van der Waals surface area (Å²) < 4.78 is 0. The number of nitrogens with zero attached hydrogens (tertiary/aromatic N) is 1. The summed E-state index contributed by atoms with van der Waals surface area (Å²) in [5.41, 5.74) is -1.19. The van der Waals surface area contributed by atoms with Gasteiger partial charge in [0.15, 0.2) is 0 Å². The fourth-order valence-corrected chi connectivity index (χ4v) is 3.68. The molecule has 1 saturated heterocycles. The number of hydrogen-bond donors (Lipinski definition) is 1. The number of carbonyl (C=O) groups is 2. The second-order valence-electron chi connectivity index (χ2n) is 6.38. The molecule has 0 unspecified atom stereocenters. The summed E-state index contributed by atoms with van der Waals surface area (Å²) in [4.78, 5) is 25.9. The van der Waals surface area contributed by atoms with E-state index in [4.69, 9.17) is 0 Å². The second-order valence-corrected chi connectivity index (χ2v) is 6.38. The van der Waals surface area contributed by atoms with Crippen LogP contribution in [0.2, 0.25) is 0 Å². The van der Waals surface area contributed by atoms with Crippen LogP contribution >= 0.6 is 0 Å². The molecule has 1 aliphatic heterocycles. The summed E-state index contributed by atoms with van der Waals surface area (Å²) in [6.45, 7) is 0.229. The molecule has 0 bridgehead atoms. The predicted molar refractivity (Wildman–Crippen MR) is 65.7 cm³/mol. The van der Waals surface area contributed by atoms with Gasteiger partial charge in [0, 0.05) is 6.42 Å². The van der Waals surface area contributed by atoms with Crippen LogP contribution in [0.15, 0.2) is 0 Å². The Morgan fingerprint density at radius 3 is 2.22 bits per heavy atom. The number of β-amino-alcohol motifs (C(OH)–C–C–N with tert-alkyl or cyclic N) is 1. The maximum atomic E-state index is 12.5. The molecule has 0 aromatic rings. The maximum Gasteiger partial charge on any atom is 0.236 e. The summed E-state index contributed by atoms with van der Waals surface area (Å²) in [7, 11) is 0. The van der Waals surface area contributed by atoms with Crippen LogP contribution in [0.4, 0.5) is 0 Å². The van der Waals surface area contributed by atoms with Gasteiger partial charge in [-0.25, -0.2) is 0 Å². The SMILES string of the molecule is O=C1CC2(CCCCC2)C(=O)N1CC1(O)CCC1. The molecule has 0 aromatic carbocycles. The van der Waals surface area contributed by atoms with Crippen molar-refractivity contribution in [3.63, 3.8) is 0 Å². The molecular formula is C14H21NO3. The standard InChI is InChI=1S/C14H21NO3/c16-11-9-13(5-2-1-3-6-13)12(17)15(11)10-14(18)7-4-8-14/h18H,1-10H2. The highest BCUT2D eigenvalue weighted by molar-refractivity contribution is 6.06. The van der Waals surface area contributed by atoms with Gasteiger partial charge in [0.05, 0.1) is 17.6 Å². The van der Waals surface area contributed by atoms with Crippen LogP contribution in [0.3, 0.4) is 0 Å². The predicted octanol–water partition coefficient (Wildman–Crippen LogP) is 1.61. The first kappa shape index (κ1) is 12.2. The van der Waals surface area contributed by atoms with Crippen molar-refractivity contribution in [1.82, 2.24) is 4.90 Å². The van der Waals surface area contributed by atoms with Gasteiger partial charge in [-0.15, -0.1) is 0 Å². The Morgan fingerprint density at radius 1 is 1.00 bits per heavy atom. The Kier molecular flexibility index (Phi) is 2.73. The van der Waals surface area contributed by atoms with Crippen molar-refractivity contribution in [3.8, 4) is 0 Å². The van der Waals surface area contributed by atoms with Crippen LogP contribution < -0.4 is 0 Å². The molecule has 18 heavy (non-hydrogen) atoms. The number of carbonyl (C=O) groups excluding carboxylic acids is 2. The van der Waals surface area contributed by atoms with Crippen molar-refractivity contribution < 1.29 is 14.7 Å². The van der Waals surface area contributed by atoms with Gasteiger partial charge in [-0.2, -0.15) is 0 Å². The Balaban J connectivity index is 1.75. The van der Waals surface area contributed by atoms with Crippen molar-refractivity contribution in [2.45, 2.75) is 63.4 Å². The highest BCUT2D eigenvalue weighted by Gasteiger charge is 2.53. The van der Waals surface area contributed by atoms with Crippen molar-refractivity contribution in [2.24, 2.45) is 5.41 Å². The lowest BCUT2D eigenvalue weighted by atomic mass is 9.73. The molecule has 3 aliphatic rings. The molecule has 3 fully saturated rings. The zero-order chi connectivity index (χ0) is 12.8. The zero-order valence-corrected chi connectivity index (χ0v) is 10.8. The Morgan fingerprint density at radius 2 is 1.67 bits per heavy atom. The van der Waals surface area contributed by atoms with E-state index in [1.807, 2.05) is 0 Å². The van der Waals surface area contributed by atoms with E-state index < -0.39 is 11.0 Å². The highest BCUT2D eigenvalue weighted by Crippen LogP contribution is 2.46. The highest BCUT2D eigenvalue weighted by atomic mass is 16.3. The molecular weight excluding hydrogens is 230 g/mol. The molecule has 4 nitrogen and oxygen atoms in total. The van der Waals surface area contributed by atoms with E-state index in [1.165, 1.54) is 11.3 Å². The first-order chi connectivity index (χ1) is 8.55. The Bertz CT molecular complexity index is 381. The molecule has 0 atom stereocenters. The number of amides is 2. The molecule has 1 spiro atoms. The van der Waals surface area contributed by atoms with Gasteiger partial charge in [0.2, 0.25) is 11.8 Å². The van der Waals surface area contributed by atoms with Crippen LogP contribution in [0, 0.1) is 5.41 Å². The number of imide groups is 1. The maximum absolute atomic E-state index is 12.5. The smallest absolute Gasteiger partial charge is 0.236 e. The number of hydrogen-bond acceptors (Lipinski definition) is 3. The minimum Gasteiger partial charge on any atom is -0.388 e. The van der Waals surface area contributed by atoms with Gasteiger partial charge in [-0.1, -0.05) is 19.3 Å². The minimum atomic E-state index is -0.786. The summed E-state index contributed by atoms with van der Waals surface area (Å²) >= 11 is 0. The van der Waals surface area contributed by atoms with Crippen molar-refractivity contribution in [2.75, 3.05) is 6.54 Å². The summed E-state index contributed by atoms with van der Waals surface area (Å²) in [6.07, 6.45) is 7.80. The normalized spacial score (nSPS) is 29.7. The monoisotopic (exact) mass is 251 g/mol. The van der Waals surface area contributed by atoms with E-state index in [-0.39, 0.29) is 18.4 Å². The van der Waals surface area contributed by atoms with E-state index in [9.17, 15) is 14.7 Å². The average molecular weight is 251 g/mol. The van der Waals surface area contributed by atoms with E-state index in [1.54, 1.807) is 0 Å². The lowest BCUT2D eigenvalue weighted by Gasteiger charge is -2.39. The first-order valence-electron chi connectivity index (χ1n) is 7.12. The summed E-state index contributed by atoms with van der Waals surface area (Å²) in [5.74, 6) is -0.0743. The lowest BCUT2D eigenvalue weighted by molar-refractivity contribution is -0.149. The fourth-order valence-electron chi connectivity index (χ4n) is 3.68. The van der Waals surface area contributed by atoms with Crippen LogP contribution in [-0.4, -0.2) is 34.0 Å². The molecule has 0 aromatic heterocycles. The zero-order valence-electron chi connectivity index (χ0n) is 10.8. The van der Waals surface area contributed by atoms with E-state index in [0.29, 0.717) is 6.42 Å². The van der Waals surface area contributed by atoms with Crippen LogP contribution in [0.5, 0.6) is 0 Å². The van der Waals surface area contributed by atoms with E-state index in [2.05, 4.69) is 0 Å². The van der Waals surface area contributed by atoms with Gasteiger partial charge in [0.25, 0.3) is 0 Å². The minimum absolute atomic E-state index is 0.00692. The Hall–Kier alpha value is -0.900. The topological polar surface area (TPSA) is 57.6 Å². The van der Waals surface area contributed by atoms with Gasteiger partial charge in [0.1, 0.15) is 0 Å². The van der Waals surface area contributed by atoms with Gasteiger partial charge in [-0.3, -0.25) is 14.5 Å². The van der Waals surface area contributed by atoms with Crippen molar-refractivity contribution in [1.29, 1.82) is 0 Å². The molecule has 0 radical (unpaired) electrons. The first-order valence-corrected chi connectivity index (χ1v) is 7.12. The Labute approximate surface area is 107 Å². The molecule has 2 amide bonds. The molecule has 1 heterocycles. The van der Waals surface area contributed by atoms with Gasteiger partial charge in [-0.05, 0) is 32.1 Å². The fraction of sp³-hybridized carbons (Fsp3) is 0.857. The molecule has 1 N–H and O–H groups in total. The number of likely N-dealkylation sites (tertiary alicyclic amines) is 1. The van der Waals surface area contributed by atoms with Crippen molar-refractivity contribution in [3.05, 3.63) is 0 Å². The summed E-state index contributed by atoms with van der Waals surface area (Å²) in [6, 6.07) is 0. The third-order valence-electron chi connectivity index (χ3n) is 5.04. The second kappa shape index (κ2) is 4.05. The van der Waals surface area contributed by atoms with Crippen LogP contribution in [-0.2, 0) is 9.59 Å².